The average molecular weight is 276 g/mol. The molecule has 0 saturated heterocycles. The highest BCUT2D eigenvalue weighted by Crippen LogP contribution is 2.31. The lowest BCUT2D eigenvalue weighted by molar-refractivity contribution is 0.318. The average Bonchev–Trinajstić information content (AvgIpc) is 2.66. The fraction of sp³-hybridized carbons (Fsp3) is 0.231. The van der Waals surface area contributed by atoms with Crippen molar-refractivity contribution in [1.29, 1.82) is 0 Å². The highest BCUT2D eigenvalue weighted by atomic mass is 32.2. The summed E-state index contributed by atoms with van der Waals surface area (Å²) >= 11 is 1.54. The topological polar surface area (TPSA) is 76.4 Å². The van der Waals surface area contributed by atoms with E-state index >= 15 is 0 Å². The zero-order chi connectivity index (χ0) is 14.0. The molecule has 0 aliphatic heterocycles. The van der Waals surface area contributed by atoms with Crippen LogP contribution in [0.1, 0.15) is 16.8 Å². The first-order chi connectivity index (χ1) is 9.02. The van der Waals surface area contributed by atoms with Crippen LogP contribution in [0.4, 0.5) is 0 Å². The van der Waals surface area contributed by atoms with Gasteiger partial charge in [-0.3, -0.25) is 4.68 Å². The molecule has 0 atom stereocenters. The molecule has 2 rings (SSSR count). The molecule has 1 heterocycles. The molecule has 2 aromatic rings. The maximum atomic E-state index is 8.87. The fourth-order valence-electron chi connectivity index (χ4n) is 1.82. The van der Waals surface area contributed by atoms with E-state index in [1.165, 1.54) is 5.56 Å². The molecule has 0 fully saturated rings. The summed E-state index contributed by atoms with van der Waals surface area (Å²) in [7, 11) is 1.84. The van der Waals surface area contributed by atoms with E-state index in [4.69, 9.17) is 10.9 Å². The zero-order valence-electron chi connectivity index (χ0n) is 11.1. The number of nitrogens with zero attached hydrogens (tertiary/aromatic N) is 3. The van der Waals surface area contributed by atoms with Crippen LogP contribution in [0, 0.1) is 13.8 Å². The van der Waals surface area contributed by atoms with E-state index in [2.05, 4.69) is 22.4 Å². The summed E-state index contributed by atoms with van der Waals surface area (Å²) in [6.07, 6.45) is 0. The Morgan fingerprint density at radius 3 is 2.53 bits per heavy atom. The standard InChI is InChI=1S/C13H16N4OS/c1-8-4-6-10(7-5-8)19-13-11(12(14)16-18)9(2)15-17(13)3/h4-7,18H,1-3H3,(H2,14,16). The van der Waals surface area contributed by atoms with Gasteiger partial charge >= 0.3 is 0 Å². The van der Waals surface area contributed by atoms with Crippen LogP contribution < -0.4 is 5.73 Å². The maximum absolute atomic E-state index is 8.87. The molecule has 5 nitrogen and oxygen atoms in total. The normalized spacial score (nSPS) is 11.8. The molecular formula is C13H16N4OS. The molecule has 0 amide bonds. The van der Waals surface area contributed by atoms with Gasteiger partial charge in [0.05, 0.1) is 11.3 Å². The predicted octanol–water partition coefficient (Wildman–Crippen LogP) is 2.28. The van der Waals surface area contributed by atoms with Gasteiger partial charge in [0, 0.05) is 11.9 Å². The third-order valence-corrected chi connectivity index (χ3v) is 3.94. The van der Waals surface area contributed by atoms with Gasteiger partial charge in [-0.05, 0) is 26.0 Å². The number of benzene rings is 1. The van der Waals surface area contributed by atoms with E-state index in [9.17, 15) is 0 Å². The third kappa shape index (κ3) is 2.73. The van der Waals surface area contributed by atoms with E-state index < -0.39 is 0 Å². The van der Waals surface area contributed by atoms with Crippen LogP contribution in [-0.2, 0) is 7.05 Å². The monoisotopic (exact) mass is 276 g/mol. The van der Waals surface area contributed by atoms with Crippen molar-refractivity contribution in [3.63, 3.8) is 0 Å². The Morgan fingerprint density at radius 2 is 1.95 bits per heavy atom. The van der Waals surface area contributed by atoms with Crippen molar-refractivity contribution in [2.45, 2.75) is 23.8 Å². The highest BCUT2D eigenvalue weighted by Gasteiger charge is 2.18. The summed E-state index contributed by atoms with van der Waals surface area (Å²) in [6, 6.07) is 8.18. The van der Waals surface area contributed by atoms with Gasteiger partial charge in [0.2, 0.25) is 0 Å². The summed E-state index contributed by atoms with van der Waals surface area (Å²) in [4.78, 5) is 1.08. The number of nitrogens with two attached hydrogens (primary N) is 1. The van der Waals surface area contributed by atoms with E-state index in [1.807, 2.05) is 33.0 Å². The van der Waals surface area contributed by atoms with Crippen molar-refractivity contribution in [2.75, 3.05) is 0 Å². The quantitative estimate of drug-likeness (QED) is 0.390. The molecule has 3 N–H and O–H groups in total. The molecule has 1 aromatic carbocycles. The van der Waals surface area contributed by atoms with Crippen molar-refractivity contribution < 1.29 is 5.21 Å². The number of aromatic nitrogens is 2. The van der Waals surface area contributed by atoms with E-state index in [0.717, 1.165) is 15.6 Å². The highest BCUT2D eigenvalue weighted by molar-refractivity contribution is 7.99. The van der Waals surface area contributed by atoms with Crippen LogP contribution in [0.3, 0.4) is 0 Å². The van der Waals surface area contributed by atoms with Gasteiger partial charge in [-0.25, -0.2) is 0 Å². The first kappa shape index (κ1) is 13.5. The number of hydrogen-bond donors (Lipinski definition) is 2. The molecule has 1 aromatic heterocycles. The van der Waals surface area contributed by atoms with Crippen molar-refractivity contribution in [1.82, 2.24) is 9.78 Å². The molecule has 0 aliphatic carbocycles. The Labute approximate surface area is 116 Å². The lowest BCUT2D eigenvalue weighted by Gasteiger charge is -2.05. The molecule has 0 radical (unpaired) electrons. The van der Waals surface area contributed by atoms with Gasteiger partial charge in [-0.15, -0.1) is 0 Å². The van der Waals surface area contributed by atoms with Crippen LogP contribution >= 0.6 is 11.8 Å². The van der Waals surface area contributed by atoms with Crippen LogP contribution in [-0.4, -0.2) is 20.8 Å². The van der Waals surface area contributed by atoms with Gasteiger partial charge in [0.25, 0.3) is 0 Å². The predicted molar refractivity (Wildman–Crippen MR) is 75.8 cm³/mol. The molecule has 19 heavy (non-hydrogen) atoms. The maximum Gasteiger partial charge on any atom is 0.174 e. The summed E-state index contributed by atoms with van der Waals surface area (Å²) in [5.41, 5.74) is 8.35. The molecule has 6 heteroatoms. The molecule has 0 spiro atoms. The van der Waals surface area contributed by atoms with Crippen LogP contribution in [0.5, 0.6) is 0 Å². The lowest BCUT2D eigenvalue weighted by Crippen LogP contribution is -2.14. The minimum atomic E-state index is 0.0835. The van der Waals surface area contributed by atoms with Gasteiger partial charge in [0.15, 0.2) is 5.84 Å². The third-order valence-electron chi connectivity index (χ3n) is 2.77. The second kappa shape index (κ2) is 5.36. The molecule has 0 bridgehead atoms. The summed E-state index contributed by atoms with van der Waals surface area (Å²) in [5, 5.41) is 17.1. The van der Waals surface area contributed by atoms with Crippen molar-refractivity contribution in [3.8, 4) is 0 Å². The van der Waals surface area contributed by atoms with E-state index in [1.54, 1.807) is 16.4 Å². The molecular weight excluding hydrogens is 260 g/mol. The Balaban J connectivity index is 2.42. The largest absolute Gasteiger partial charge is 0.409 e. The minimum Gasteiger partial charge on any atom is -0.409 e. The summed E-state index contributed by atoms with van der Waals surface area (Å²) in [5.74, 6) is 0.0835. The number of oxime groups is 1. The minimum absolute atomic E-state index is 0.0835. The molecule has 0 saturated carbocycles. The van der Waals surface area contributed by atoms with E-state index in [-0.39, 0.29) is 5.84 Å². The number of aryl methyl sites for hydroxylation is 3. The fourth-order valence-corrected chi connectivity index (χ4v) is 2.84. The summed E-state index contributed by atoms with van der Waals surface area (Å²) in [6.45, 7) is 3.89. The lowest BCUT2D eigenvalue weighted by atomic mass is 10.2. The smallest absolute Gasteiger partial charge is 0.174 e. The zero-order valence-corrected chi connectivity index (χ0v) is 11.9. The van der Waals surface area contributed by atoms with Crippen molar-refractivity contribution in [2.24, 2.45) is 17.9 Å². The first-order valence-electron chi connectivity index (χ1n) is 5.79. The van der Waals surface area contributed by atoms with Crippen molar-refractivity contribution >= 4 is 17.6 Å². The van der Waals surface area contributed by atoms with Crippen molar-refractivity contribution in [3.05, 3.63) is 41.1 Å². The Hall–Kier alpha value is -1.95. The number of hydrogen-bond acceptors (Lipinski definition) is 4. The van der Waals surface area contributed by atoms with E-state index in [0.29, 0.717) is 5.56 Å². The SMILES string of the molecule is Cc1ccc(Sc2c(C(N)=NO)c(C)nn2C)cc1. The van der Waals surface area contributed by atoms with Crippen LogP contribution in [0.15, 0.2) is 39.3 Å². The number of rotatable bonds is 3. The number of amidine groups is 1. The second-order valence-electron chi connectivity index (χ2n) is 4.29. The summed E-state index contributed by atoms with van der Waals surface area (Å²) < 4.78 is 1.74. The van der Waals surface area contributed by atoms with Gasteiger partial charge in [0.1, 0.15) is 5.03 Å². The Kier molecular flexibility index (Phi) is 3.80. The molecule has 100 valence electrons. The van der Waals surface area contributed by atoms with Gasteiger partial charge in [-0.1, -0.05) is 34.6 Å². The second-order valence-corrected chi connectivity index (χ2v) is 5.35. The van der Waals surface area contributed by atoms with Crippen LogP contribution in [0.2, 0.25) is 0 Å². The molecule has 0 aliphatic rings. The Bertz CT molecular complexity index is 616. The van der Waals surface area contributed by atoms with Gasteiger partial charge in [-0.2, -0.15) is 5.10 Å². The van der Waals surface area contributed by atoms with Gasteiger partial charge < -0.3 is 10.9 Å². The Morgan fingerprint density at radius 1 is 1.32 bits per heavy atom. The molecule has 0 unspecified atom stereocenters. The van der Waals surface area contributed by atoms with Crippen LogP contribution in [0.25, 0.3) is 0 Å². The first-order valence-corrected chi connectivity index (χ1v) is 6.60.